The van der Waals surface area contributed by atoms with E-state index in [1.54, 1.807) is 0 Å². The molecule has 1 aliphatic rings. The van der Waals surface area contributed by atoms with Gasteiger partial charge in [-0.15, -0.1) is 0 Å². The van der Waals surface area contributed by atoms with E-state index in [9.17, 15) is 5.11 Å². The van der Waals surface area contributed by atoms with Crippen LogP contribution in [0.5, 0.6) is 5.75 Å². The van der Waals surface area contributed by atoms with E-state index in [1.165, 1.54) is 22.3 Å². The number of aryl methyl sites for hydroxylation is 3. The fraction of sp³-hybridized carbons (Fsp3) is 0.368. The van der Waals surface area contributed by atoms with Crippen molar-refractivity contribution in [3.8, 4) is 5.75 Å². The van der Waals surface area contributed by atoms with Crippen molar-refractivity contribution in [2.75, 3.05) is 0 Å². The van der Waals surface area contributed by atoms with E-state index in [0.29, 0.717) is 6.61 Å². The van der Waals surface area contributed by atoms with Gasteiger partial charge in [-0.1, -0.05) is 29.8 Å². The molecule has 0 aliphatic heterocycles. The smallest absolute Gasteiger partial charge is 0.120 e. The second-order valence-electron chi connectivity index (χ2n) is 5.99. The summed E-state index contributed by atoms with van der Waals surface area (Å²) in [5, 5.41) is 10.1. The summed E-state index contributed by atoms with van der Waals surface area (Å²) in [6, 6.07) is 12.5. The first kappa shape index (κ1) is 14.2. The molecule has 0 saturated heterocycles. The van der Waals surface area contributed by atoms with Crippen molar-refractivity contribution in [2.24, 2.45) is 0 Å². The second kappa shape index (κ2) is 5.90. The van der Waals surface area contributed by atoms with Crippen LogP contribution < -0.4 is 4.74 Å². The Kier molecular flexibility index (Phi) is 3.98. The molecule has 2 nitrogen and oxygen atoms in total. The third-order valence-electron chi connectivity index (χ3n) is 4.30. The minimum atomic E-state index is -0.335. The van der Waals surface area contributed by atoms with Gasteiger partial charge in [-0.05, 0) is 67.5 Å². The number of hydrogen-bond acceptors (Lipinski definition) is 2. The molecular weight excluding hydrogens is 260 g/mol. The quantitative estimate of drug-likeness (QED) is 0.911. The molecule has 0 spiro atoms. The molecule has 0 heterocycles. The number of aliphatic hydroxyl groups is 1. The highest BCUT2D eigenvalue weighted by atomic mass is 16.5. The molecule has 0 aromatic heterocycles. The van der Waals surface area contributed by atoms with Gasteiger partial charge in [0.05, 0.1) is 6.10 Å². The third kappa shape index (κ3) is 3.11. The van der Waals surface area contributed by atoms with Gasteiger partial charge < -0.3 is 9.84 Å². The zero-order valence-corrected chi connectivity index (χ0v) is 12.7. The van der Waals surface area contributed by atoms with Gasteiger partial charge in [0.25, 0.3) is 0 Å². The molecule has 0 radical (unpaired) electrons. The molecule has 110 valence electrons. The first-order valence-corrected chi connectivity index (χ1v) is 7.63. The number of rotatable bonds is 3. The van der Waals surface area contributed by atoms with E-state index < -0.39 is 0 Å². The molecule has 1 atom stereocenters. The van der Waals surface area contributed by atoms with Crippen LogP contribution in [0.15, 0.2) is 36.4 Å². The average molecular weight is 282 g/mol. The normalized spacial score (nSPS) is 17.4. The first-order valence-electron chi connectivity index (χ1n) is 7.63. The average Bonchev–Trinajstić information content (AvgIpc) is 2.49. The molecule has 2 aromatic rings. The number of hydrogen-bond donors (Lipinski definition) is 1. The first-order chi connectivity index (χ1) is 10.1. The van der Waals surface area contributed by atoms with Crippen LogP contribution >= 0.6 is 0 Å². The van der Waals surface area contributed by atoms with Gasteiger partial charge in [-0.2, -0.15) is 0 Å². The Morgan fingerprint density at radius 3 is 2.86 bits per heavy atom. The fourth-order valence-corrected chi connectivity index (χ4v) is 2.96. The monoisotopic (exact) mass is 282 g/mol. The molecule has 0 unspecified atom stereocenters. The Bertz CT molecular complexity index is 646. The molecule has 3 rings (SSSR count). The van der Waals surface area contributed by atoms with E-state index in [-0.39, 0.29) is 6.10 Å². The van der Waals surface area contributed by atoms with Crippen molar-refractivity contribution < 1.29 is 9.84 Å². The Morgan fingerprint density at radius 1 is 1.14 bits per heavy atom. The van der Waals surface area contributed by atoms with Crippen LogP contribution in [0.1, 0.15) is 46.8 Å². The molecule has 0 fully saturated rings. The lowest BCUT2D eigenvalue weighted by atomic mass is 9.89. The van der Waals surface area contributed by atoms with Gasteiger partial charge in [-0.25, -0.2) is 0 Å². The van der Waals surface area contributed by atoms with Crippen molar-refractivity contribution in [2.45, 2.75) is 45.8 Å². The van der Waals surface area contributed by atoms with E-state index in [4.69, 9.17) is 4.74 Å². The fourth-order valence-electron chi connectivity index (χ4n) is 2.96. The Balaban J connectivity index is 1.76. The number of aliphatic hydroxyl groups excluding tert-OH is 1. The highest BCUT2D eigenvalue weighted by Crippen LogP contribution is 2.32. The van der Waals surface area contributed by atoms with Crippen LogP contribution in [0.25, 0.3) is 0 Å². The predicted octanol–water partition coefficient (Wildman–Crippen LogP) is 4.25. The van der Waals surface area contributed by atoms with Crippen LogP contribution in [-0.2, 0) is 13.0 Å². The Morgan fingerprint density at radius 2 is 2.00 bits per heavy atom. The standard InChI is InChI=1S/C19H22O2/c1-13-6-7-14(2)16(10-13)12-21-17-9-8-15-4-3-5-19(20)18(15)11-17/h6-11,19-20H,3-5,12H2,1-2H3/t19-/m0/s1. The summed E-state index contributed by atoms with van der Waals surface area (Å²) in [5.74, 6) is 0.843. The van der Waals surface area contributed by atoms with Crippen LogP contribution in [0.2, 0.25) is 0 Å². The lowest BCUT2D eigenvalue weighted by Crippen LogP contribution is -2.09. The van der Waals surface area contributed by atoms with Crippen LogP contribution in [0.4, 0.5) is 0 Å². The molecule has 0 bridgehead atoms. The molecule has 1 aliphatic carbocycles. The summed E-state index contributed by atoms with van der Waals surface area (Å²) in [6.45, 7) is 4.77. The van der Waals surface area contributed by atoms with Gasteiger partial charge in [0.2, 0.25) is 0 Å². The summed E-state index contributed by atoms with van der Waals surface area (Å²) in [4.78, 5) is 0. The lowest BCUT2D eigenvalue weighted by Gasteiger charge is -2.22. The van der Waals surface area contributed by atoms with E-state index in [1.807, 2.05) is 12.1 Å². The lowest BCUT2D eigenvalue weighted by molar-refractivity contribution is 0.156. The van der Waals surface area contributed by atoms with Gasteiger partial charge in [-0.3, -0.25) is 0 Å². The Hall–Kier alpha value is -1.80. The van der Waals surface area contributed by atoms with E-state index in [0.717, 1.165) is 30.6 Å². The van der Waals surface area contributed by atoms with Gasteiger partial charge in [0.15, 0.2) is 0 Å². The van der Waals surface area contributed by atoms with Crippen molar-refractivity contribution in [1.29, 1.82) is 0 Å². The molecule has 1 N–H and O–H groups in total. The van der Waals surface area contributed by atoms with Gasteiger partial charge in [0.1, 0.15) is 12.4 Å². The Labute approximate surface area is 126 Å². The molecular formula is C19H22O2. The highest BCUT2D eigenvalue weighted by Gasteiger charge is 2.18. The predicted molar refractivity (Wildman–Crippen MR) is 84.6 cm³/mol. The minimum absolute atomic E-state index is 0.335. The van der Waals surface area contributed by atoms with Crippen molar-refractivity contribution in [1.82, 2.24) is 0 Å². The van der Waals surface area contributed by atoms with E-state index in [2.05, 4.69) is 38.1 Å². The van der Waals surface area contributed by atoms with Crippen molar-refractivity contribution in [3.05, 3.63) is 64.2 Å². The molecule has 0 saturated carbocycles. The van der Waals surface area contributed by atoms with Crippen LogP contribution in [-0.4, -0.2) is 5.11 Å². The number of ether oxygens (including phenoxy) is 1. The third-order valence-corrected chi connectivity index (χ3v) is 4.30. The van der Waals surface area contributed by atoms with Crippen LogP contribution in [0, 0.1) is 13.8 Å². The topological polar surface area (TPSA) is 29.5 Å². The largest absolute Gasteiger partial charge is 0.489 e. The SMILES string of the molecule is Cc1ccc(C)c(COc2ccc3c(c2)[C@@H](O)CCC3)c1. The zero-order valence-electron chi connectivity index (χ0n) is 12.7. The number of benzene rings is 2. The summed E-state index contributed by atoms with van der Waals surface area (Å²) < 4.78 is 5.93. The molecule has 2 aromatic carbocycles. The zero-order chi connectivity index (χ0) is 14.8. The van der Waals surface area contributed by atoms with E-state index >= 15 is 0 Å². The number of fused-ring (bicyclic) bond motifs is 1. The molecule has 0 amide bonds. The van der Waals surface area contributed by atoms with Crippen molar-refractivity contribution in [3.63, 3.8) is 0 Å². The van der Waals surface area contributed by atoms with Crippen LogP contribution in [0.3, 0.4) is 0 Å². The molecule has 2 heteroatoms. The second-order valence-corrected chi connectivity index (χ2v) is 5.99. The molecule has 21 heavy (non-hydrogen) atoms. The van der Waals surface area contributed by atoms with Gasteiger partial charge in [0, 0.05) is 0 Å². The maximum Gasteiger partial charge on any atom is 0.120 e. The maximum atomic E-state index is 10.1. The van der Waals surface area contributed by atoms with Gasteiger partial charge >= 0.3 is 0 Å². The highest BCUT2D eigenvalue weighted by molar-refractivity contribution is 5.39. The summed E-state index contributed by atoms with van der Waals surface area (Å²) in [6.07, 6.45) is 2.64. The summed E-state index contributed by atoms with van der Waals surface area (Å²) in [5.41, 5.74) is 6.01. The summed E-state index contributed by atoms with van der Waals surface area (Å²) in [7, 11) is 0. The maximum absolute atomic E-state index is 10.1. The summed E-state index contributed by atoms with van der Waals surface area (Å²) >= 11 is 0. The van der Waals surface area contributed by atoms with Crippen molar-refractivity contribution >= 4 is 0 Å². The minimum Gasteiger partial charge on any atom is -0.489 e.